The van der Waals surface area contributed by atoms with Crippen LogP contribution in [0.5, 0.6) is 11.5 Å². The van der Waals surface area contributed by atoms with Crippen LogP contribution in [0, 0.1) is 0 Å². The van der Waals surface area contributed by atoms with E-state index in [-0.39, 0.29) is 18.3 Å². The standard InChI is InChI=1S/C19H24N2O4.C2H2O4/c22-16-6-8-18(9-7-16)25-14-17(23)13-20-10-11-21-19(24)12-15-4-2-1-3-5-15;3-1(4)2(5)6/h1-9,17,20,22-23H,10-14H2,(H,21,24);(H,3,4)(H,5,6). The first-order valence-corrected chi connectivity index (χ1v) is 9.35. The number of carbonyl (C=O) groups is 3. The molecule has 0 saturated heterocycles. The second-order valence-electron chi connectivity index (χ2n) is 6.29. The lowest BCUT2D eigenvalue weighted by atomic mass is 10.1. The summed E-state index contributed by atoms with van der Waals surface area (Å²) >= 11 is 0. The summed E-state index contributed by atoms with van der Waals surface area (Å²) in [5.41, 5.74) is 0.981. The molecule has 0 aromatic heterocycles. The van der Waals surface area contributed by atoms with Crippen LogP contribution in [0.15, 0.2) is 54.6 Å². The molecule has 6 N–H and O–H groups in total. The van der Waals surface area contributed by atoms with Crippen molar-refractivity contribution in [2.24, 2.45) is 0 Å². The zero-order chi connectivity index (χ0) is 23.1. The van der Waals surface area contributed by atoms with Crippen LogP contribution in [-0.4, -0.2) is 70.6 Å². The number of hydrogen-bond donors (Lipinski definition) is 6. The van der Waals surface area contributed by atoms with Crippen molar-refractivity contribution >= 4 is 17.8 Å². The molecule has 0 fully saturated rings. The normalized spacial score (nSPS) is 10.9. The summed E-state index contributed by atoms with van der Waals surface area (Å²) in [5.74, 6) is -2.91. The lowest BCUT2D eigenvalue weighted by molar-refractivity contribution is -0.159. The highest BCUT2D eigenvalue weighted by molar-refractivity contribution is 6.27. The van der Waals surface area contributed by atoms with Gasteiger partial charge in [0.25, 0.3) is 0 Å². The monoisotopic (exact) mass is 434 g/mol. The van der Waals surface area contributed by atoms with Gasteiger partial charge in [0.15, 0.2) is 0 Å². The summed E-state index contributed by atoms with van der Waals surface area (Å²) in [7, 11) is 0. The minimum Gasteiger partial charge on any atom is -0.508 e. The third-order valence-corrected chi connectivity index (χ3v) is 3.67. The smallest absolute Gasteiger partial charge is 0.414 e. The number of ether oxygens (including phenoxy) is 1. The Morgan fingerprint density at radius 2 is 1.52 bits per heavy atom. The predicted molar refractivity (Wildman–Crippen MR) is 111 cm³/mol. The number of aliphatic carboxylic acids is 2. The lowest BCUT2D eigenvalue weighted by Gasteiger charge is -2.13. The summed E-state index contributed by atoms with van der Waals surface area (Å²) in [6.45, 7) is 1.58. The zero-order valence-electron chi connectivity index (χ0n) is 16.7. The van der Waals surface area contributed by atoms with Crippen molar-refractivity contribution < 1.29 is 39.5 Å². The predicted octanol–water partition coefficient (Wildman–Crippen LogP) is 0.236. The Labute approximate surface area is 179 Å². The maximum absolute atomic E-state index is 11.8. The van der Waals surface area contributed by atoms with Crippen LogP contribution >= 0.6 is 0 Å². The molecule has 0 saturated carbocycles. The zero-order valence-corrected chi connectivity index (χ0v) is 16.7. The number of phenols is 1. The van der Waals surface area contributed by atoms with E-state index in [0.29, 0.717) is 31.8 Å². The Bertz CT molecular complexity index is 800. The van der Waals surface area contributed by atoms with Gasteiger partial charge in [0, 0.05) is 19.6 Å². The van der Waals surface area contributed by atoms with Gasteiger partial charge in [0.1, 0.15) is 24.2 Å². The van der Waals surface area contributed by atoms with Gasteiger partial charge in [0.2, 0.25) is 5.91 Å². The minimum atomic E-state index is -1.82. The molecular weight excluding hydrogens is 408 g/mol. The fraction of sp³-hybridized carbons (Fsp3) is 0.286. The molecule has 0 aliphatic heterocycles. The van der Waals surface area contributed by atoms with Gasteiger partial charge in [-0.05, 0) is 29.8 Å². The highest BCUT2D eigenvalue weighted by Gasteiger charge is 2.06. The SMILES string of the molecule is O=C(Cc1ccccc1)NCCNCC(O)COc1ccc(O)cc1.O=C(O)C(=O)O. The highest BCUT2D eigenvalue weighted by Crippen LogP contribution is 2.15. The second-order valence-corrected chi connectivity index (χ2v) is 6.29. The number of nitrogens with one attached hydrogen (secondary N) is 2. The molecule has 2 rings (SSSR count). The number of hydrogen-bond acceptors (Lipinski definition) is 7. The van der Waals surface area contributed by atoms with Crippen molar-refractivity contribution in [3.8, 4) is 11.5 Å². The first-order chi connectivity index (χ1) is 14.8. The van der Waals surface area contributed by atoms with Crippen LogP contribution in [0.2, 0.25) is 0 Å². The number of benzene rings is 2. The van der Waals surface area contributed by atoms with Crippen LogP contribution < -0.4 is 15.4 Å². The molecule has 10 heteroatoms. The van der Waals surface area contributed by atoms with Crippen molar-refractivity contribution in [3.63, 3.8) is 0 Å². The Balaban J connectivity index is 0.000000703. The number of carboxylic acid groups (broad SMARTS) is 2. The second kappa shape index (κ2) is 14.4. The molecule has 168 valence electrons. The highest BCUT2D eigenvalue weighted by atomic mass is 16.5. The number of carbonyl (C=O) groups excluding carboxylic acids is 1. The van der Waals surface area contributed by atoms with Gasteiger partial charge in [-0.2, -0.15) is 0 Å². The van der Waals surface area contributed by atoms with Crippen molar-refractivity contribution in [1.82, 2.24) is 10.6 Å². The molecule has 2 aromatic carbocycles. The van der Waals surface area contributed by atoms with E-state index in [2.05, 4.69) is 10.6 Å². The Morgan fingerprint density at radius 1 is 0.903 bits per heavy atom. The summed E-state index contributed by atoms with van der Waals surface area (Å²) in [4.78, 5) is 30.0. The van der Waals surface area contributed by atoms with Crippen molar-refractivity contribution in [1.29, 1.82) is 0 Å². The molecule has 0 radical (unpaired) electrons. The molecular formula is C21H26N2O8. The van der Waals surface area contributed by atoms with Gasteiger partial charge >= 0.3 is 11.9 Å². The molecule has 10 nitrogen and oxygen atoms in total. The molecule has 31 heavy (non-hydrogen) atoms. The fourth-order valence-electron chi connectivity index (χ4n) is 2.20. The third-order valence-electron chi connectivity index (χ3n) is 3.67. The number of amides is 1. The van der Waals surface area contributed by atoms with Crippen LogP contribution in [0.3, 0.4) is 0 Å². The first kappa shape index (κ1) is 25.4. The van der Waals surface area contributed by atoms with Gasteiger partial charge < -0.3 is 35.8 Å². The first-order valence-electron chi connectivity index (χ1n) is 9.35. The van der Waals surface area contributed by atoms with E-state index in [1.54, 1.807) is 12.1 Å². The minimum absolute atomic E-state index is 0.0239. The summed E-state index contributed by atoms with van der Waals surface area (Å²) in [6.07, 6.45) is -0.293. The number of aliphatic hydroxyl groups is 1. The van der Waals surface area contributed by atoms with Crippen LogP contribution in [0.1, 0.15) is 5.56 Å². The van der Waals surface area contributed by atoms with Crippen molar-refractivity contribution in [2.75, 3.05) is 26.2 Å². The van der Waals surface area contributed by atoms with Crippen molar-refractivity contribution in [2.45, 2.75) is 12.5 Å². The number of aromatic hydroxyl groups is 1. The average Bonchev–Trinajstić information content (AvgIpc) is 2.74. The van der Waals surface area contributed by atoms with Gasteiger partial charge in [-0.15, -0.1) is 0 Å². The topological polar surface area (TPSA) is 165 Å². The molecule has 0 spiro atoms. The fourth-order valence-corrected chi connectivity index (χ4v) is 2.20. The van der Waals surface area contributed by atoms with E-state index in [9.17, 15) is 15.0 Å². The van der Waals surface area contributed by atoms with Crippen LogP contribution in [0.25, 0.3) is 0 Å². The van der Waals surface area contributed by atoms with E-state index in [1.807, 2.05) is 30.3 Å². The molecule has 1 atom stereocenters. The average molecular weight is 434 g/mol. The van der Waals surface area contributed by atoms with E-state index < -0.39 is 18.0 Å². The maximum atomic E-state index is 11.8. The summed E-state index contributed by atoms with van der Waals surface area (Å²) < 4.78 is 5.41. The third kappa shape index (κ3) is 12.5. The van der Waals surface area contributed by atoms with E-state index in [0.717, 1.165) is 5.56 Å². The van der Waals surface area contributed by atoms with Gasteiger partial charge in [-0.25, -0.2) is 9.59 Å². The lowest BCUT2D eigenvalue weighted by Crippen LogP contribution is -2.37. The van der Waals surface area contributed by atoms with Crippen molar-refractivity contribution in [3.05, 3.63) is 60.2 Å². The molecule has 0 bridgehead atoms. The van der Waals surface area contributed by atoms with Crippen LogP contribution in [0.4, 0.5) is 0 Å². The molecule has 0 aliphatic carbocycles. The van der Waals surface area contributed by atoms with Gasteiger partial charge in [-0.1, -0.05) is 30.3 Å². The molecule has 0 aliphatic rings. The van der Waals surface area contributed by atoms with Gasteiger partial charge in [0.05, 0.1) is 6.42 Å². The number of carboxylic acids is 2. The van der Waals surface area contributed by atoms with E-state index in [1.165, 1.54) is 12.1 Å². The van der Waals surface area contributed by atoms with E-state index in [4.69, 9.17) is 24.5 Å². The largest absolute Gasteiger partial charge is 0.508 e. The molecule has 1 amide bonds. The van der Waals surface area contributed by atoms with Gasteiger partial charge in [-0.3, -0.25) is 4.79 Å². The Kier molecular flexibility index (Phi) is 11.8. The molecule has 0 heterocycles. The Morgan fingerprint density at radius 3 is 2.10 bits per heavy atom. The molecule has 1 unspecified atom stereocenters. The maximum Gasteiger partial charge on any atom is 0.414 e. The summed E-state index contributed by atoms with van der Waals surface area (Å²) in [5, 5.41) is 39.7. The number of aliphatic hydroxyl groups excluding tert-OH is 1. The molecule has 2 aromatic rings. The quantitative estimate of drug-likeness (QED) is 0.227. The van der Waals surface area contributed by atoms with Crippen LogP contribution in [-0.2, 0) is 20.8 Å². The number of phenolic OH excluding ortho intramolecular Hbond substituents is 1. The summed E-state index contributed by atoms with van der Waals surface area (Å²) in [6, 6.07) is 15.9. The van der Waals surface area contributed by atoms with E-state index >= 15 is 0 Å². The number of rotatable bonds is 10. The Hall–Kier alpha value is -3.63.